The van der Waals surface area contributed by atoms with Gasteiger partial charge in [0.15, 0.2) is 5.65 Å². The van der Waals surface area contributed by atoms with Gasteiger partial charge in [0.05, 0.1) is 7.11 Å². The van der Waals surface area contributed by atoms with Crippen LogP contribution >= 0.6 is 0 Å². The fourth-order valence-electron chi connectivity index (χ4n) is 1.92. The monoisotopic (exact) mass is 258 g/mol. The molecule has 0 atom stereocenters. The van der Waals surface area contributed by atoms with Crippen LogP contribution in [-0.2, 0) is 0 Å². The van der Waals surface area contributed by atoms with E-state index < -0.39 is 0 Å². The van der Waals surface area contributed by atoms with Crippen molar-refractivity contribution in [3.63, 3.8) is 0 Å². The summed E-state index contributed by atoms with van der Waals surface area (Å²) in [6.07, 6.45) is 1.69. The van der Waals surface area contributed by atoms with Crippen molar-refractivity contribution in [3.05, 3.63) is 42.3 Å². The van der Waals surface area contributed by atoms with Gasteiger partial charge in [-0.15, -0.1) is 5.10 Å². The van der Waals surface area contributed by atoms with Crippen LogP contribution in [-0.4, -0.2) is 21.7 Å². The van der Waals surface area contributed by atoms with Crippen molar-refractivity contribution < 1.29 is 9.13 Å². The molecule has 96 valence electrons. The van der Waals surface area contributed by atoms with Gasteiger partial charge in [-0.2, -0.15) is 4.98 Å². The lowest BCUT2D eigenvalue weighted by atomic mass is 10.1. The van der Waals surface area contributed by atoms with Crippen molar-refractivity contribution in [2.45, 2.75) is 0 Å². The van der Waals surface area contributed by atoms with Crippen LogP contribution in [0.15, 0.2) is 36.5 Å². The first-order valence-electron chi connectivity index (χ1n) is 5.63. The summed E-state index contributed by atoms with van der Waals surface area (Å²) in [5.74, 6) is 0.317. The largest absolute Gasteiger partial charge is 0.497 e. The Hall–Kier alpha value is -2.63. The van der Waals surface area contributed by atoms with E-state index in [1.165, 1.54) is 13.2 Å². The molecule has 0 unspecified atom stereocenters. The maximum atomic E-state index is 14.0. The molecule has 0 spiro atoms. The molecule has 1 aromatic carbocycles. The number of nitrogen functional groups attached to an aromatic ring is 1. The van der Waals surface area contributed by atoms with E-state index in [4.69, 9.17) is 10.5 Å². The lowest BCUT2D eigenvalue weighted by molar-refractivity contribution is 0.411. The Bertz CT molecular complexity index is 753. The summed E-state index contributed by atoms with van der Waals surface area (Å²) in [5.41, 5.74) is 7.27. The topological polar surface area (TPSA) is 65.4 Å². The smallest absolute Gasteiger partial charge is 0.240 e. The molecule has 0 saturated carbocycles. The Morgan fingerprint density at radius 1 is 1.26 bits per heavy atom. The molecule has 5 nitrogen and oxygen atoms in total. The zero-order valence-electron chi connectivity index (χ0n) is 10.2. The minimum absolute atomic E-state index is 0.187. The Morgan fingerprint density at radius 3 is 2.84 bits per heavy atom. The third-order valence-electron chi connectivity index (χ3n) is 2.84. The van der Waals surface area contributed by atoms with Gasteiger partial charge in [0.2, 0.25) is 5.95 Å². The number of hydrogen-bond donors (Lipinski definition) is 1. The molecule has 2 aromatic heterocycles. The fourth-order valence-corrected chi connectivity index (χ4v) is 1.92. The number of ether oxygens (including phenoxy) is 1. The number of benzene rings is 1. The van der Waals surface area contributed by atoms with Crippen LogP contribution < -0.4 is 10.5 Å². The SMILES string of the molecule is COc1ccc(-c2ccn3nc(N)nc3c2)c(F)c1. The molecule has 2 N–H and O–H groups in total. The first kappa shape index (κ1) is 11.5. The van der Waals surface area contributed by atoms with E-state index in [1.54, 1.807) is 35.0 Å². The Morgan fingerprint density at radius 2 is 2.11 bits per heavy atom. The summed E-state index contributed by atoms with van der Waals surface area (Å²) in [6.45, 7) is 0. The lowest BCUT2D eigenvalue weighted by Crippen LogP contribution is -1.91. The average molecular weight is 258 g/mol. The number of methoxy groups -OCH3 is 1. The standard InChI is InChI=1S/C13H11FN4O/c1-19-9-2-3-10(11(14)7-9)8-4-5-18-12(6-8)16-13(15)17-18/h2-7H,1H3,(H2,15,17). The zero-order chi connectivity index (χ0) is 13.4. The number of rotatable bonds is 2. The van der Waals surface area contributed by atoms with Gasteiger partial charge in [-0.1, -0.05) is 0 Å². The molecular weight excluding hydrogens is 247 g/mol. The minimum atomic E-state index is -0.351. The van der Waals surface area contributed by atoms with Crippen LogP contribution in [0.2, 0.25) is 0 Å². The number of pyridine rings is 1. The summed E-state index contributed by atoms with van der Waals surface area (Å²) in [7, 11) is 1.50. The molecule has 0 radical (unpaired) electrons. The highest BCUT2D eigenvalue weighted by Gasteiger charge is 2.08. The highest BCUT2D eigenvalue weighted by atomic mass is 19.1. The quantitative estimate of drug-likeness (QED) is 0.764. The van der Waals surface area contributed by atoms with Crippen LogP contribution in [0, 0.1) is 5.82 Å². The van der Waals surface area contributed by atoms with Crippen LogP contribution in [0.4, 0.5) is 10.3 Å². The average Bonchev–Trinajstić information content (AvgIpc) is 2.77. The van der Waals surface area contributed by atoms with Gasteiger partial charge in [-0.05, 0) is 29.8 Å². The molecule has 0 aliphatic carbocycles. The van der Waals surface area contributed by atoms with Gasteiger partial charge in [-0.25, -0.2) is 8.91 Å². The molecular formula is C13H11FN4O. The third kappa shape index (κ3) is 1.97. The number of nitrogens with zero attached hydrogens (tertiary/aromatic N) is 3. The molecule has 0 fully saturated rings. The highest BCUT2D eigenvalue weighted by molar-refractivity contribution is 5.68. The van der Waals surface area contributed by atoms with Crippen LogP contribution in [0.25, 0.3) is 16.8 Å². The van der Waals surface area contributed by atoms with E-state index in [0.29, 0.717) is 22.5 Å². The van der Waals surface area contributed by atoms with Gasteiger partial charge in [0.1, 0.15) is 11.6 Å². The number of fused-ring (bicyclic) bond motifs is 1. The maximum absolute atomic E-state index is 14.0. The number of anilines is 1. The van der Waals surface area contributed by atoms with E-state index in [9.17, 15) is 4.39 Å². The zero-order valence-corrected chi connectivity index (χ0v) is 10.2. The third-order valence-corrected chi connectivity index (χ3v) is 2.84. The minimum Gasteiger partial charge on any atom is -0.497 e. The van der Waals surface area contributed by atoms with Crippen molar-refractivity contribution in [1.82, 2.24) is 14.6 Å². The molecule has 0 bridgehead atoms. The first-order valence-corrected chi connectivity index (χ1v) is 5.63. The van der Waals surface area contributed by atoms with E-state index in [1.807, 2.05) is 0 Å². The van der Waals surface area contributed by atoms with Crippen LogP contribution in [0.3, 0.4) is 0 Å². The second-order valence-corrected chi connectivity index (χ2v) is 4.03. The molecule has 0 aliphatic heterocycles. The molecule has 0 amide bonds. The van der Waals surface area contributed by atoms with Crippen LogP contribution in [0.5, 0.6) is 5.75 Å². The first-order chi connectivity index (χ1) is 9.17. The summed E-state index contributed by atoms with van der Waals surface area (Å²) < 4.78 is 20.5. The number of halogens is 1. The number of aromatic nitrogens is 3. The van der Waals surface area contributed by atoms with E-state index in [0.717, 1.165) is 0 Å². The molecule has 2 heterocycles. The molecule has 3 aromatic rings. The van der Waals surface area contributed by atoms with E-state index in [-0.39, 0.29) is 11.8 Å². The predicted molar refractivity (Wildman–Crippen MR) is 69.3 cm³/mol. The summed E-state index contributed by atoms with van der Waals surface area (Å²) >= 11 is 0. The van der Waals surface area contributed by atoms with Crippen LogP contribution in [0.1, 0.15) is 0 Å². The second kappa shape index (κ2) is 4.24. The Balaban J connectivity index is 2.12. The molecule has 6 heteroatoms. The fraction of sp³-hybridized carbons (Fsp3) is 0.0769. The van der Waals surface area contributed by atoms with Gasteiger partial charge >= 0.3 is 0 Å². The summed E-state index contributed by atoms with van der Waals surface area (Å²) in [6, 6.07) is 8.21. The lowest BCUT2D eigenvalue weighted by Gasteiger charge is -2.06. The molecule has 0 saturated heterocycles. The molecule has 3 rings (SSSR count). The summed E-state index contributed by atoms with van der Waals surface area (Å²) in [4.78, 5) is 4.05. The Kier molecular flexibility index (Phi) is 2.56. The predicted octanol–water partition coefficient (Wildman–Crippen LogP) is 2.13. The maximum Gasteiger partial charge on any atom is 0.240 e. The highest BCUT2D eigenvalue weighted by Crippen LogP contribution is 2.26. The summed E-state index contributed by atoms with van der Waals surface area (Å²) in [5, 5.41) is 3.97. The molecule has 0 aliphatic rings. The number of nitrogens with two attached hydrogens (primary N) is 1. The van der Waals surface area contributed by atoms with Crippen molar-refractivity contribution >= 4 is 11.6 Å². The van der Waals surface area contributed by atoms with Crippen molar-refractivity contribution in [2.24, 2.45) is 0 Å². The van der Waals surface area contributed by atoms with Gasteiger partial charge in [0.25, 0.3) is 0 Å². The molecule has 19 heavy (non-hydrogen) atoms. The normalized spacial score (nSPS) is 10.8. The van der Waals surface area contributed by atoms with Crippen molar-refractivity contribution in [1.29, 1.82) is 0 Å². The van der Waals surface area contributed by atoms with Crippen molar-refractivity contribution in [3.8, 4) is 16.9 Å². The van der Waals surface area contributed by atoms with Gasteiger partial charge < -0.3 is 10.5 Å². The van der Waals surface area contributed by atoms with Crippen molar-refractivity contribution in [2.75, 3.05) is 12.8 Å². The number of hydrogen-bond acceptors (Lipinski definition) is 4. The van der Waals surface area contributed by atoms with Gasteiger partial charge in [0, 0.05) is 17.8 Å². The Labute approximate surface area is 108 Å². The second-order valence-electron chi connectivity index (χ2n) is 4.03. The van der Waals surface area contributed by atoms with Gasteiger partial charge in [-0.3, -0.25) is 0 Å². The van der Waals surface area contributed by atoms with E-state index >= 15 is 0 Å². The van der Waals surface area contributed by atoms with E-state index in [2.05, 4.69) is 10.1 Å².